The number of aromatic nitrogens is 2. The average Bonchev–Trinajstić information content (AvgIpc) is 3.11. The van der Waals surface area contributed by atoms with E-state index in [0.29, 0.717) is 13.2 Å². The van der Waals surface area contributed by atoms with Gasteiger partial charge in [0, 0.05) is 30.6 Å². The van der Waals surface area contributed by atoms with Crippen LogP contribution in [0, 0.1) is 5.92 Å². The van der Waals surface area contributed by atoms with E-state index in [1.54, 1.807) is 17.4 Å². The highest BCUT2D eigenvalue weighted by atomic mass is 32.1. The molecule has 0 aromatic carbocycles. The van der Waals surface area contributed by atoms with E-state index in [2.05, 4.69) is 9.55 Å². The molecule has 5 nitrogen and oxygen atoms in total. The van der Waals surface area contributed by atoms with Crippen molar-refractivity contribution in [3.05, 3.63) is 46.2 Å². The molecule has 25 heavy (non-hydrogen) atoms. The molecule has 0 unspecified atom stereocenters. The van der Waals surface area contributed by atoms with Gasteiger partial charge >= 0.3 is 0 Å². The molecule has 1 aliphatic heterocycles. The first-order chi connectivity index (χ1) is 12.2. The van der Waals surface area contributed by atoms with Crippen LogP contribution in [0.25, 0.3) is 6.08 Å². The van der Waals surface area contributed by atoms with E-state index in [9.17, 15) is 4.79 Å². The Kier molecular flexibility index (Phi) is 4.72. The van der Waals surface area contributed by atoms with E-state index < -0.39 is 0 Å². The van der Waals surface area contributed by atoms with Gasteiger partial charge in [-0.25, -0.2) is 4.98 Å². The van der Waals surface area contributed by atoms with Crippen LogP contribution in [-0.4, -0.2) is 33.5 Å². The van der Waals surface area contributed by atoms with Crippen molar-refractivity contribution >= 4 is 23.3 Å². The number of amides is 1. The molecule has 2 aromatic heterocycles. The van der Waals surface area contributed by atoms with Gasteiger partial charge in [-0.2, -0.15) is 0 Å². The summed E-state index contributed by atoms with van der Waals surface area (Å²) < 4.78 is 8.02. The molecule has 132 valence electrons. The maximum Gasteiger partial charge on any atom is 0.247 e. The van der Waals surface area contributed by atoms with Crippen molar-refractivity contribution in [2.24, 2.45) is 5.92 Å². The molecule has 2 aliphatic rings. The zero-order valence-corrected chi connectivity index (χ0v) is 15.2. The summed E-state index contributed by atoms with van der Waals surface area (Å²) in [5.41, 5.74) is 1.11. The highest BCUT2D eigenvalue weighted by Crippen LogP contribution is 2.30. The molecule has 0 spiro atoms. The molecule has 1 amide bonds. The van der Waals surface area contributed by atoms with Gasteiger partial charge in [-0.3, -0.25) is 4.79 Å². The van der Waals surface area contributed by atoms with Gasteiger partial charge in [-0.1, -0.05) is 6.07 Å². The van der Waals surface area contributed by atoms with Gasteiger partial charge in [0.25, 0.3) is 0 Å². The van der Waals surface area contributed by atoms with Crippen molar-refractivity contribution in [2.45, 2.75) is 39.0 Å². The van der Waals surface area contributed by atoms with E-state index in [-0.39, 0.29) is 11.9 Å². The Balaban J connectivity index is 1.41. The smallest absolute Gasteiger partial charge is 0.247 e. The van der Waals surface area contributed by atoms with Gasteiger partial charge in [0.1, 0.15) is 5.82 Å². The normalized spacial score (nSPS) is 20.2. The number of hydrogen-bond acceptors (Lipinski definition) is 4. The third-order valence-electron chi connectivity index (χ3n) is 4.89. The Morgan fingerprint density at radius 3 is 3.08 bits per heavy atom. The summed E-state index contributed by atoms with van der Waals surface area (Å²) in [7, 11) is 0. The number of imidazole rings is 1. The molecule has 2 aromatic rings. The molecular formula is C19H23N3O2S. The molecular weight excluding hydrogens is 334 g/mol. The fourth-order valence-corrected chi connectivity index (χ4v) is 3.84. The first kappa shape index (κ1) is 16.5. The van der Waals surface area contributed by atoms with Crippen LogP contribution in [-0.2, 0) is 22.7 Å². The zero-order valence-electron chi connectivity index (χ0n) is 14.4. The number of ether oxygens (including phenoxy) is 1. The standard InChI is InChI=1S/C19H23N3O2S/c1-14-19-20-11-16(13-24-12-15-4-5-15)22(19)9-8-21(14)18(23)7-6-17-3-2-10-25-17/h2-3,6-7,10-11,14-15H,4-5,8-9,12-13H2,1H3/b7-6+/t14-/m0/s1. The van der Waals surface area contributed by atoms with Crippen molar-refractivity contribution in [1.82, 2.24) is 14.5 Å². The topological polar surface area (TPSA) is 47.4 Å². The number of carbonyl (C=O) groups excluding carboxylic acids is 1. The molecule has 3 heterocycles. The number of carbonyl (C=O) groups is 1. The third kappa shape index (κ3) is 3.70. The summed E-state index contributed by atoms with van der Waals surface area (Å²) in [6, 6.07) is 3.97. The van der Waals surface area contributed by atoms with E-state index in [4.69, 9.17) is 4.74 Å². The zero-order chi connectivity index (χ0) is 17.2. The minimum Gasteiger partial charge on any atom is -0.375 e. The fraction of sp³-hybridized carbons (Fsp3) is 0.474. The summed E-state index contributed by atoms with van der Waals surface area (Å²) in [5.74, 6) is 1.77. The van der Waals surface area contributed by atoms with Crippen LogP contribution in [0.5, 0.6) is 0 Å². The number of fused-ring (bicyclic) bond motifs is 1. The van der Waals surface area contributed by atoms with Gasteiger partial charge in [0.15, 0.2) is 0 Å². The summed E-state index contributed by atoms with van der Waals surface area (Å²) >= 11 is 1.63. The minimum atomic E-state index is -0.0218. The summed E-state index contributed by atoms with van der Waals surface area (Å²) in [5, 5.41) is 2.01. The monoisotopic (exact) mass is 357 g/mol. The van der Waals surface area contributed by atoms with Crippen LogP contribution in [0.15, 0.2) is 29.8 Å². The lowest BCUT2D eigenvalue weighted by Gasteiger charge is -2.33. The van der Waals surface area contributed by atoms with Crippen molar-refractivity contribution < 1.29 is 9.53 Å². The number of rotatable bonds is 6. The van der Waals surface area contributed by atoms with E-state index in [1.807, 2.05) is 41.6 Å². The van der Waals surface area contributed by atoms with E-state index in [1.165, 1.54) is 12.8 Å². The molecule has 0 N–H and O–H groups in total. The second-order valence-electron chi connectivity index (χ2n) is 6.77. The summed E-state index contributed by atoms with van der Waals surface area (Å²) in [4.78, 5) is 20.1. The Labute approximate surface area is 151 Å². The van der Waals surface area contributed by atoms with Crippen LogP contribution in [0.1, 0.15) is 42.2 Å². The quantitative estimate of drug-likeness (QED) is 0.744. The molecule has 4 rings (SSSR count). The van der Waals surface area contributed by atoms with E-state index in [0.717, 1.165) is 35.5 Å². The second kappa shape index (κ2) is 7.14. The summed E-state index contributed by atoms with van der Waals surface area (Å²) in [6.45, 7) is 4.99. The van der Waals surface area contributed by atoms with Crippen LogP contribution in [0.4, 0.5) is 0 Å². The van der Waals surface area contributed by atoms with Gasteiger partial charge < -0.3 is 14.2 Å². The number of nitrogens with zero attached hydrogens (tertiary/aromatic N) is 3. The van der Waals surface area contributed by atoms with Crippen molar-refractivity contribution in [3.8, 4) is 0 Å². The highest BCUT2D eigenvalue weighted by molar-refractivity contribution is 7.10. The van der Waals surface area contributed by atoms with Gasteiger partial charge in [0.05, 0.1) is 24.5 Å². The minimum absolute atomic E-state index is 0.0218. The second-order valence-corrected chi connectivity index (χ2v) is 7.75. The van der Waals surface area contributed by atoms with Crippen molar-refractivity contribution in [3.63, 3.8) is 0 Å². The molecule has 1 saturated carbocycles. The Hall–Kier alpha value is -1.92. The SMILES string of the molecule is C[C@H]1c2ncc(COCC3CC3)n2CCN1C(=O)/C=C/c1cccs1. The Bertz CT molecular complexity index is 762. The molecule has 0 saturated heterocycles. The molecule has 1 fully saturated rings. The highest BCUT2D eigenvalue weighted by Gasteiger charge is 2.29. The predicted octanol–water partition coefficient (Wildman–Crippen LogP) is 3.49. The third-order valence-corrected chi connectivity index (χ3v) is 5.73. The molecule has 0 radical (unpaired) electrons. The van der Waals surface area contributed by atoms with Gasteiger partial charge in [-0.15, -0.1) is 11.3 Å². The van der Waals surface area contributed by atoms with Crippen LogP contribution in [0.2, 0.25) is 0 Å². The fourth-order valence-electron chi connectivity index (χ4n) is 3.23. The number of thiophene rings is 1. The molecule has 6 heteroatoms. The van der Waals surface area contributed by atoms with Crippen LogP contribution < -0.4 is 0 Å². The molecule has 1 atom stereocenters. The molecule has 0 bridgehead atoms. The largest absolute Gasteiger partial charge is 0.375 e. The first-order valence-corrected chi connectivity index (χ1v) is 9.74. The lowest BCUT2D eigenvalue weighted by atomic mass is 10.2. The molecule has 1 aliphatic carbocycles. The lowest BCUT2D eigenvalue weighted by molar-refractivity contribution is -0.129. The van der Waals surface area contributed by atoms with Gasteiger partial charge in [0.2, 0.25) is 5.91 Å². The first-order valence-electron chi connectivity index (χ1n) is 8.86. The van der Waals surface area contributed by atoms with Crippen molar-refractivity contribution in [2.75, 3.05) is 13.2 Å². The van der Waals surface area contributed by atoms with Crippen LogP contribution >= 0.6 is 11.3 Å². The predicted molar refractivity (Wildman–Crippen MR) is 98.1 cm³/mol. The average molecular weight is 357 g/mol. The number of hydrogen-bond donors (Lipinski definition) is 0. The van der Waals surface area contributed by atoms with Crippen molar-refractivity contribution in [1.29, 1.82) is 0 Å². The Morgan fingerprint density at radius 2 is 2.32 bits per heavy atom. The maximum atomic E-state index is 12.6. The van der Waals surface area contributed by atoms with Gasteiger partial charge in [-0.05, 0) is 43.2 Å². The van der Waals surface area contributed by atoms with Crippen LogP contribution in [0.3, 0.4) is 0 Å². The Morgan fingerprint density at radius 1 is 1.44 bits per heavy atom. The maximum absolute atomic E-state index is 12.6. The summed E-state index contributed by atoms with van der Waals surface area (Å²) in [6.07, 6.45) is 8.06. The van der Waals surface area contributed by atoms with E-state index >= 15 is 0 Å². The lowest BCUT2D eigenvalue weighted by Crippen LogP contribution is -2.40.